The minimum absolute atomic E-state index is 0.0204. The average Bonchev–Trinajstić information content (AvgIpc) is 2.46. The number of aliphatic hydroxyl groups excluding tert-OH is 2. The van der Waals surface area contributed by atoms with Crippen molar-refractivity contribution in [1.29, 1.82) is 0 Å². The molecule has 88 valence electrons. The van der Waals surface area contributed by atoms with Gasteiger partial charge in [-0.3, -0.25) is 4.79 Å². The van der Waals surface area contributed by atoms with Crippen LogP contribution in [0.2, 0.25) is 0 Å². The van der Waals surface area contributed by atoms with E-state index in [2.05, 4.69) is 0 Å². The molecule has 4 nitrogen and oxygen atoms in total. The monoisotopic (exact) mass is 215 g/mol. The third-order valence-corrected chi connectivity index (χ3v) is 3.05. The van der Waals surface area contributed by atoms with Crippen LogP contribution in [0.3, 0.4) is 0 Å². The maximum Gasteiger partial charge on any atom is 0.223 e. The van der Waals surface area contributed by atoms with Crippen molar-refractivity contribution in [2.24, 2.45) is 11.3 Å². The summed E-state index contributed by atoms with van der Waals surface area (Å²) in [7, 11) is 0. The third-order valence-electron chi connectivity index (χ3n) is 3.05. The van der Waals surface area contributed by atoms with Gasteiger partial charge < -0.3 is 15.1 Å². The highest BCUT2D eigenvalue weighted by molar-refractivity contribution is 5.79. The van der Waals surface area contributed by atoms with Crippen molar-refractivity contribution in [2.45, 2.75) is 33.2 Å². The molecule has 1 fully saturated rings. The van der Waals surface area contributed by atoms with Gasteiger partial charge in [0.25, 0.3) is 0 Å². The fourth-order valence-electron chi connectivity index (χ4n) is 2.07. The van der Waals surface area contributed by atoms with E-state index in [1.54, 1.807) is 4.90 Å². The van der Waals surface area contributed by atoms with E-state index in [1.165, 1.54) is 0 Å². The van der Waals surface area contributed by atoms with Gasteiger partial charge in [0, 0.05) is 25.5 Å². The van der Waals surface area contributed by atoms with Gasteiger partial charge >= 0.3 is 0 Å². The van der Waals surface area contributed by atoms with E-state index in [1.807, 2.05) is 20.8 Å². The summed E-state index contributed by atoms with van der Waals surface area (Å²) in [6.45, 7) is 6.62. The van der Waals surface area contributed by atoms with Crippen LogP contribution in [0.5, 0.6) is 0 Å². The first kappa shape index (κ1) is 12.5. The Morgan fingerprint density at radius 1 is 1.47 bits per heavy atom. The normalized spacial score (nSPS) is 24.7. The van der Waals surface area contributed by atoms with Gasteiger partial charge in [0.2, 0.25) is 5.91 Å². The standard InChI is InChI=1S/C11H21NO3/c1-11(2,3)9(7-14)12-5-8(6-13)4-10(12)15/h8-9,13-14H,4-7H2,1-3H3/t8?,9-/m1/s1. The van der Waals surface area contributed by atoms with E-state index in [9.17, 15) is 9.90 Å². The molecule has 2 atom stereocenters. The van der Waals surface area contributed by atoms with Gasteiger partial charge in [-0.1, -0.05) is 20.8 Å². The topological polar surface area (TPSA) is 60.8 Å². The number of likely N-dealkylation sites (tertiary alicyclic amines) is 1. The van der Waals surface area contributed by atoms with Gasteiger partial charge in [0.1, 0.15) is 0 Å². The van der Waals surface area contributed by atoms with Crippen molar-refractivity contribution in [1.82, 2.24) is 4.90 Å². The summed E-state index contributed by atoms with van der Waals surface area (Å²) >= 11 is 0. The van der Waals surface area contributed by atoms with Crippen LogP contribution >= 0.6 is 0 Å². The highest BCUT2D eigenvalue weighted by Gasteiger charge is 2.38. The highest BCUT2D eigenvalue weighted by Crippen LogP contribution is 2.29. The maximum atomic E-state index is 11.7. The van der Waals surface area contributed by atoms with E-state index in [4.69, 9.17) is 5.11 Å². The summed E-state index contributed by atoms with van der Waals surface area (Å²) in [4.78, 5) is 13.4. The van der Waals surface area contributed by atoms with E-state index in [0.29, 0.717) is 13.0 Å². The predicted octanol–water partition coefficient (Wildman–Crippen LogP) is 0.234. The number of hydrogen-bond donors (Lipinski definition) is 2. The van der Waals surface area contributed by atoms with Crippen LogP contribution in [-0.2, 0) is 4.79 Å². The highest BCUT2D eigenvalue weighted by atomic mass is 16.3. The number of rotatable bonds is 3. The summed E-state index contributed by atoms with van der Waals surface area (Å²) in [5.41, 5.74) is -0.130. The molecule has 0 aliphatic carbocycles. The second-order valence-corrected chi connectivity index (χ2v) is 5.36. The van der Waals surface area contributed by atoms with Crippen molar-refractivity contribution in [3.8, 4) is 0 Å². The molecule has 0 radical (unpaired) electrons. The molecule has 4 heteroatoms. The van der Waals surface area contributed by atoms with Gasteiger partial charge in [0.15, 0.2) is 0 Å². The van der Waals surface area contributed by atoms with Crippen molar-refractivity contribution in [3.63, 3.8) is 0 Å². The molecule has 15 heavy (non-hydrogen) atoms. The van der Waals surface area contributed by atoms with Crippen LogP contribution in [0.4, 0.5) is 0 Å². The molecule has 0 aromatic carbocycles. The van der Waals surface area contributed by atoms with E-state index in [-0.39, 0.29) is 36.5 Å². The molecule has 1 saturated heterocycles. The largest absolute Gasteiger partial charge is 0.396 e. The van der Waals surface area contributed by atoms with Crippen molar-refractivity contribution in [2.75, 3.05) is 19.8 Å². The summed E-state index contributed by atoms with van der Waals surface area (Å²) in [6, 6.07) is -0.151. The van der Waals surface area contributed by atoms with Gasteiger partial charge in [-0.05, 0) is 5.41 Å². The Labute approximate surface area is 90.9 Å². The fraction of sp³-hybridized carbons (Fsp3) is 0.909. The van der Waals surface area contributed by atoms with Gasteiger partial charge in [-0.25, -0.2) is 0 Å². The Balaban J connectivity index is 2.74. The first-order chi connectivity index (χ1) is 6.90. The van der Waals surface area contributed by atoms with Crippen LogP contribution in [0.1, 0.15) is 27.2 Å². The molecule has 2 N–H and O–H groups in total. The van der Waals surface area contributed by atoms with Crippen LogP contribution in [0.15, 0.2) is 0 Å². The summed E-state index contributed by atoms with van der Waals surface area (Å²) in [5, 5.41) is 18.4. The lowest BCUT2D eigenvalue weighted by atomic mass is 9.86. The number of carbonyl (C=O) groups excluding carboxylic acids is 1. The zero-order valence-electron chi connectivity index (χ0n) is 9.73. The Kier molecular flexibility index (Phi) is 3.73. The smallest absolute Gasteiger partial charge is 0.223 e. The SMILES string of the molecule is CC(C)(C)[C@@H](CO)N1CC(CO)CC1=O. The summed E-state index contributed by atoms with van der Waals surface area (Å²) < 4.78 is 0. The van der Waals surface area contributed by atoms with Crippen LogP contribution in [-0.4, -0.2) is 46.8 Å². The average molecular weight is 215 g/mol. The number of nitrogens with zero attached hydrogens (tertiary/aromatic N) is 1. The molecule has 0 aromatic rings. The lowest BCUT2D eigenvalue weighted by Gasteiger charge is -2.36. The van der Waals surface area contributed by atoms with Crippen molar-refractivity contribution < 1.29 is 15.0 Å². The molecule has 1 aliphatic heterocycles. The summed E-state index contributed by atoms with van der Waals surface area (Å²) in [6.07, 6.45) is 0.406. The Bertz CT molecular complexity index is 234. The minimum atomic E-state index is -0.151. The zero-order chi connectivity index (χ0) is 11.6. The van der Waals surface area contributed by atoms with Gasteiger partial charge in [-0.2, -0.15) is 0 Å². The third kappa shape index (κ3) is 2.69. The van der Waals surface area contributed by atoms with E-state index >= 15 is 0 Å². The van der Waals surface area contributed by atoms with E-state index < -0.39 is 0 Å². The molecule has 1 heterocycles. The first-order valence-corrected chi connectivity index (χ1v) is 5.41. The molecular formula is C11H21NO3. The second-order valence-electron chi connectivity index (χ2n) is 5.36. The molecule has 1 unspecified atom stereocenters. The lowest BCUT2D eigenvalue weighted by molar-refractivity contribution is -0.133. The number of hydrogen-bond acceptors (Lipinski definition) is 3. The molecule has 0 saturated carbocycles. The van der Waals surface area contributed by atoms with Crippen molar-refractivity contribution in [3.05, 3.63) is 0 Å². The molecule has 1 rings (SSSR count). The fourth-order valence-corrected chi connectivity index (χ4v) is 2.07. The van der Waals surface area contributed by atoms with Crippen LogP contribution < -0.4 is 0 Å². The molecule has 1 aliphatic rings. The molecule has 0 bridgehead atoms. The summed E-state index contributed by atoms with van der Waals surface area (Å²) in [5.74, 6) is 0.0805. The number of carbonyl (C=O) groups is 1. The Morgan fingerprint density at radius 3 is 2.40 bits per heavy atom. The molecule has 0 spiro atoms. The number of aliphatic hydroxyl groups is 2. The first-order valence-electron chi connectivity index (χ1n) is 5.41. The maximum absolute atomic E-state index is 11.7. The van der Waals surface area contributed by atoms with Crippen molar-refractivity contribution >= 4 is 5.91 Å². The van der Waals surface area contributed by atoms with Gasteiger partial charge in [-0.15, -0.1) is 0 Å². The van der Waals surface area contributed by atoms with Gasteiger partial charge in [0.05, 0.1) is 12.6 Å². The van der Waals surface area contributed by atoms with Crippen LogP contribution in [0.25, 0.3) is 0 Å². The van der Waals surface area contributed by atoms with Crippen LogP contribution in [0, 0.1) is 11.3 Å². The number of amides is 1. The predicted molar refractivity (Wildman–Crippen MR) is 57.2 cm³/mol. The second kappa shape index (κ2) is 4.49. The lowest BCUT2D eigenvalue weighted by Crippen LogP contribution is -2.47. The molecule has 1 amide bonds. The Morgan fingerprint density at radius 2 is 2.07 bits per heavy atom. The Hall–Kier alpha value is -0.610. The minimum Gasteiger partial charge on any atom is -0.396 e. The quantitative estimate of drug-likeness (QED) is 0.708. The zero-order valence-corrected chi connectivity index (χ0v) is 9.73. The molecular weight excluding hydrogens is 194 g/mol. The molecule has 0 aromatic heterocycles. The van der Waals surface area contributed by atoms with E-state index in [0.717, 1.165) is 0 Å².